The molecule has 1 aromatic heterocycles. The largest absolute Gasteiger partial charge is 0.453 e. The molecule has 5 rings (SSSR count). The van der Waals surface area contributed by atoms with Gasteiger partial charge in [-0.1, -0.05) is 54.1 Å². The molecule has 1 N–H and O–H groups in total. The van der Waals surface area contributed by atoms with Crippen LogP contribution in [-0.2, 0) is 11.3 Å². The van der Waals surface area contributed by atoms with Crippen molar-refractivity contribution >= 4 is 35.3 Å². The van der Waals surface area contributed by atoms with Crippen LogP contribution in [0.25, 0.3) is 17.3 Å². The molecule has 0 fully saturated rings. The molecule has 1 atom stereocenters. The van der Waals surface area contributed by atoms with E-state index in [9.17, 15) is 14.0 Å². The number of rotatable bonds is 5. The van der Waals surface area contributed by atoms with Crippen molar-refractivity contribution in [2.24, 2.45) is 0 Å². The minimum Gasteiger partial charge on any atom is -0.453 e. The summed E-state index contributed by atoms with van der Waals surface area (Å²) in [4.78, 5) is 27.8. The van der Waals surface area contributed by atoms with Crippen LogP contribution < -0.4 is 5.32 Å². The number of fused-ring (bicyclic) bond motifs is 1. The van der Waals surface area contributed by atoms with E-state index in [-0.39, 0.29) is 36.5 Å². The fourth-order valence-corrected chi connectivity index (χ4v) is 4.76. The van der Waals surface area contributed by atoms with Gasteiger partial charge >= 0.3 is 6.09 Å². The molecule has 9 heteroatoms. The maximum atomic E-state index is 13.6. The van der Waals surface area contributed by atoms with E-state index in [1.54, 1.807) is 28.9 Å². The van der Waals surface area contributed by atoms with Gasteiger partial charge in [0.15, 0.2) is 5.69 Å². The third-order valence-electron chi connectivity index (χ3n) is 6.58. The topological polar surface area (TPSA) is 76.5 Å². The quantitative estimate of drug-likeness (QED) is 0.321. The van der Waals surface area contributed by atoms with Crippen LogP contribution in [0.4, 0.5) is 9.18 Å². The maximum absolute atomic E-state index is 13.6. The summed E-state index contributed by atoms with van der Waals surface area (Å²) in [5, 5.41) is 8.34. The van der Waals surface area contributed by atoms with Gasteiger partial charge < -0.3 is 10.1 Å². The highest BCUT2D eigenvalue weighted by Gasteiger charge is 2.34. The zero-order valence-corrected chi connectivity index (χ0v) is 22.2. The van der Waals surface area contributed by atoms with E-state index in [2.05, 4.69) is 5.32 Å². The second-order valence-electron chi connectivity index (χ2n) is 9.22. The van der Waals surface area contributed by atoms with E-state index in [1.807, 2.05) is 55.5 Å². The highest BCUT2D eigenvalue weighted by Crippen LogP contribution is 2.34. The predicted octanol–water partition coefficient (Wildman–Crippen LogP) is 6.28. The lowest BCUT2D eigenvalue weighted by molar-refractivity contribution is 0.0930. The Balaban J connectivity index is 1.65. The monoisotopic (exact) mass is 544 g/mol. The van der Waals surface area contributed by atoms with E-state index in [4.69, 9.17) is 21.4 Å². The van der Waals surface area contributed by atoms with E-state index >= 15 is 0 Å². The Morgan fingerprint density at radius 1 is 1.03 bits per heavy atom. The molecule has 0 radical (unpaired) electrons. The van der Waals surface area contributed by atoms with Crippen molar-refractivity contribution in [3.05, 3.63) is 118 Å². The van der Waals surface area contributed by atoms with Crippen molar-refractivity contribution in [3.8, 4) is 5.69 Å². The minimum atomic E-state index is -0.533. The Kier molecular flexibility index (Phi) is 7.47. The summed E-state index contributed by atoms with van der Waals surface area (Å²) < 4.78 is 20.3. The lowest BCUT2D eigenvalue weighted by Gasteiger charge is -2.29. The van der Waals surface area contributed by atoms with Gasteiger partial charge in [-0.3, -0.25) is 9.69 Å². The molecular weight excluding hydrogens is 519 g/mol. The standard InChI is InChI=1S/C30H26ClFN4O3/c1-19(21-6-4-3-5-7-21)33-29(37)27-26-18-35(30(38)39-2)17-22(16-20-8-12-24(32)13-9-20)28(26)36(34-27)25-14-10-23(31)11-15-25/h3-16,19H,17-18H2,1-2H3,(H,33,37)/t19-/m1/s1. The Hall–Kier alpha value is -4.43. The van der Waals surface area contributed by atoms with Gasteiger partial charge in [0.2, 0.25) is 0 Å². The second-order valence-corrected chi connectivity index (χ2v) is 9.65. The Morgan fingerprint density at radius 2 is 1.72 bits per heavy atom. The Morgan fingerprint density at radius 3 is 2.38 bits per heavy atom. The van der Waals surface area contributed by atoms with Crippen molar-refractivity contribution in [2.75, 3.05) is 13.7 Å². The van der Waals surface area contributed by atoms with Gasteiger partial charge in [-0.25, -0.2) is 13.9 Å². The molecule has 0 saturated carbocycles. The Labute approximate surface area is 230 Å². The number of benzene rings is 3. The zero-order chi connectivity index (χ0) is 27.5. The molecule has 4 aromatic rings. The molecule has 198 valence electrons. The van der Waals surface area contributed by atoms with E-state index in [1.165, 1.54) is 24.1 Å². The van der Waals surface area contributed by atoms with Crippen molar-refractivity contribution in [3.63, 3.8) is 0 Å². The highest BCUT2D eigenvalue weighted by molar-refractivity contribution is 6.30. The highest BCUT2D eigenvalue weighted by atomic mass is 35.5. The predicted molar refractivity (Wildman–Crippen MR) is 148 cm³/mol. The fourth-order valence-electron chi connectivity index (χ4n) is 4.63. The van der Waals surface area contributed by atoms with Gasteiger partial charge in [0.05, 0.1) is 37.6 Å². The molecule has 0 bridgehead atoms. The average Bonchev–Trinajstić information content (AvgIpc) is 3.34. The normalized spacial score (nSPS) is 14.6. The molecule has 0 spiro atoms. The number of nitrogens with zero attached hydrogens (tertiary/aromatic N) is 3. The number of hydrogen-bond donors (Lipinski definition) is 1. The SMILES string of the molecule is COC(=O)N1CC(=Cc2ccc(F)cc2)c2c(c(C(=O)N[C@H](C)c3ccccc3)nn2-c2ccc(Cl)cc2)C1. The van der Waals surface area contributed by atoms with Gasteiger partial charge in [0.1, 0.15) is 5.82 Å². The van der Waals surface area contributed by atoms with Crippen LogP contribution in [0, 0.1) is 5.82 Å². The summed E-state index contributed by atoms with van der Waals surface area (Å²) in [7, 11) is 1.31. The van der Waals surface area contributed by atoms with Gasteiger partial charge in [-0.05, 0) is 66.1 Å². The zero-order valence-electron chi connectivity index (χ0n) is 21.4. The van der Waals surface area contributed by atoms with Crippen molar-refractivity contribution in [1.82, 2.24) is 20.0 Å². The van der Waals surface area contributed by atoms with Crippen molar-refractivity contribution < 1.29 is 18.7 Å². The van der Waals surface area contributed by atoms with E-state index in [0.717, 1.165) is 11.1 Å². The molecule has 2 amide bonds. The third kappa shape index (κ3) is 5.56. The molecule has 1 aliphatic rings. The first-order valence-electron chi connectivity index (χ1n) is 12.4. The fraction of sp³-hybridized carbons (Fsp3) is 0.167. The number of nitrogens with one attached hydrogen (secondary N) is 1. The van der Waals surface area contributed by atoms with Crippen LogP contribution in [0.1, 0.15) is 45.8 Å². The van der Waals surface area contributed by atoms with E-state index in [0.29, 0.717) is 27.5 Å². The van der Waals surface area contributed by atoms with Crippen LogP contribution in [-0.4, -0.2) is 40.3 Å². The van der Waals surface area contributed by atoms with E-state index < -0.39 is 6.09 Å². The lowest BCUT2D eigenvalue weighted by atomic mass is 9.97. The van der Waals surface area contributed by atoms with Crippen LogP contribution in [0.2, 0.25) is 5.02 Å². The van der Waals surface area contributed by atoms with Crippen LogP contribution in [0.15, 0.2) is 78.9 Å². The minimum absolute atomic E-state index is 0.124. The van der Waals surface area contributed by atoms with Crippen LogP contribution in [0.5, 0.6) is 0 Å². The summed E-state index contributed by atoms with van der Waals surface area (Å²) in [5.74, 6) is -0.724. The van der Waals surface area contributed by atoms with Crippen LogP contribution >= 0.6 is 11.6 Å². The van der Waals surface area contributed by atoms with Gasteiger partial charge in [-0.2, -0.15) is 5.10 Å². The molecular formula is C30H26ClFN4O3. The Bertz CT molecular complexity index is 1530. The molecule has 3 aromatic carbocycles. The van der Waals surface area contributed by atoms with Gasteiger partial charge in [0, 0.05) is 10.6 Å². The number of methoxy groups -OCH3 is 1. The number of carbonyl (C=O) groups is 2. The van der Waals surface area contributed by atoms with Gasteiger partial charge in [0.25, 0.3) is 5.91 Å². The average molecular weight is 545 g/mol. The third-order valence-corrected chi connectivity index (χ3v) is 6.83. The first-order valence-corrected chi connectivity index (χ1v) is 12.7. The molecule has 39 heavy (non-hydrogen) atoms. The number of amides is 2. The van der Waals surface area contributed by atoms with Crippen molar-refractivity contribution in [1.29, 1.82) is 0 Å². The smallest absolute Gasteiger partial charge is 0.410 e. The number of carbonyl (C=O) groups excluding carboxylic acids is 2. The first kappa shape index (κ1) is 26.2. The molecule has 1 aliphatic heterocycles. The summed E-state index contributed by atoms with van der Waals surface area (Å²) >= 11 is 6.14. The molecule has 2 heterocycles. The molecule has 0 aliphatic carbocycles. The van der Waals surface area contributed by atoms with Gasteiger partial charge in [-0.15, -0.1) is 0 Å². The number of ether oxygens (including phenoxy) is 1. The second kappa shape index (κ2) is 11.1. The number of aromatic nitrogens is 2. The maximum Gasteiger partial charge on any atom is 0.410 e. The van der Waals surface area contributed by atoms with Crippen LogP contribution in [0.3, 0.4) is 0 Å². The molecule has 0 saturated heterocycles. The summed E-state index contributed by atoms with van der Waals surface area (Å²) in [6, 6.07) is 22.5. The number of hydrogen-bond acceptors (Lipinski definition) is 4. The molecule has 7 nitrogen and oxygen atoms in total. The first-order chi connectivity index (χ1) is 18.8. The summed E-state index contributed by atoms with van der Waals surface area (Å²) in [6.07, 6.45) is 1.32. The summed E-state index contributed by atoms with van der Waals surface area (Å²) in [5.41, 5.74) is 4.54. The lowest BCUT2D eigenvalue weighted by Crippen LogP contribution is -2.36. The summed E-state index contributed by atoms with van der Waals surface area (Å²) in [6.45, 7) is 2.23. The molecule has 0 unspecified atom stereocenters. The van der Waals surface area contributed by atoms with Crippen molar-refractivity contribution in [2.45, 2.75) is 19.5 Å². The number of halogens is 2.